The zero-order chi connectivity index (χ0) is 13.4. The number of hydrogen-bond acceptors (Lipinski definition) is 0. The van der Waals surface area contributed by atoms with Gasteiger partial charge in [-0.15, -0.1) is 0 Å². The summed E-state index contributed by atoms with van der Waals surface area (Å²) in [5, 5.41) is 0. The lowest BCUT2D eigenvalue weighted by Gasteiger charge is -2.53. The maximum Gasteiger partial charge on any atom is -0.0221 e. The summed E-state index contributed by atoms with van der Waals surface area (Å²) in [5.41, 5.74) is 1.14. The summed E-state index contributed by atoms with van der Waals surface area (Å²) in [6, 6.07) is 0. The molecule has 0 rings (SSSR count). The van der Waals surface area contributed by atoms with Crippen molar-refractivity contribution < 1.29 is 0 Å². The number of rotatable bonds is 3. The van der Waals surface area contributed by atoms with E-state index in [4.69, 9.17) is 0 Å². The van der Waals surface area contributed by atoms with Crippen LogP contribution in [-0.2, 0) is 0 Å². The van der Waals surface area contributed by atoms with Crippen LogP contribution in [0.15, 0.2) is 0 Å². The monoisotopic (exact) mass is 246 g/mol. The van der Waals surface area contributed by atoms with Crippen LogP contribution in [-0.4, -0.2) is 24.5 Å². The molecule has 0 aliphatic heterocycles. The molecule has 0 saturated heterocycles. The summed E-state index contributed by atoms with van der Waals surface area (Å²) >= 11 is 0. The van der Waals surface area contributed by atoms with Gasteiger partial charge < -0.3 is 0 Å². The SMILES string of the molecule is CC(C)(C)C(C)(CCS(C)(C)C)C(C)(C)C. The third-order valence-corrected chi connectivity index (χ3v) is 5.95. The first kappa shape index (κ1) is 16.4. The van der Waals surface area contributed by atoms with Crippen molar-refractivity contribution >= 4 is 10.0 Å². The Morgan fingerprint density at radius 1 is 0.688 bits per heavy atom. The molecule has 0 aliphatic carbocycles. The Morgan fingerprint density at radius 3 is 1.19 bits per heavy atom. The van der Waals surface area contributed by atoms with Crippen molar-refractivity contribution in [2.45, 2.75) is 54.9 Å². The average molecular weight is 247 g/mol. The fraction of sp³-hybridized carbons (Fsp3) is 1.00. The van der Waals surface area contributed by atoms with E-state index in [1.165, 1.54) is 12.2 Å². The Labute approximate surface area is 106 Å². The molecule has 0 spiro atoms. The molecule has 0 aromatic heterocycles. The van der Waals surface area contributed by atoms with Crippen molar-refractivity contribution in [2.24, 2.45) is 16.2 Å². The van der Waals surface area contributed by atoms with Crippen LogP contribution in [0.4, 0.5) is 0 Å². The average Bonchev–Trinajstić information content (AvgIpc) is 1.93. The van der Waals surface area contributed by atoms with Gasteiger partial charge in [0.2, 0.25) is 0 Å². The smallest absolute Gasteiger partial charge is 0.0221 e. The van der Waals surface area contributed by atoms with Crippen LogP contribution in [0.25, 0.3) is 0 Å². The lowest BCUT2D eigenvalue weighted by Crippen LogP contribution is -2.44. The molecule has 0 amide bonds. The molecular weight excluding hydrogens is 212 g/mol. The van der Waals surface area contributed by atoms with Gasteiger partial charge in [-0.2, -0.15) is 0 Å². The van der Waals surface area contributed by atoms with Crippen molar-refractivity contribution in [3.63, 3.8) is 0 Å². The van der Waals surface area contributed by atoms with Gasteiger partial charge in [0, 0.05) is 0 Å². The second-order valence-corrected chi connectivity index (χ2v) is 13.0. The molecule has 0 aliphatic rings. The minimum atomic E-state index is -0.378. The highest BCUT2D eigenvalue weighted by molar-refractivity contribution is 8.32. The van der Waals surface area contributed by atoms with E-state index in [1.807, 2.05) is 0 Å². The normalized spacial score (nSPS) is 16.4. The molecule has 0 N–H and O–H groups in total. The van der Waals surface area contributed by atoms with E-state index in [2.05, 4.69) is 67.2 Å². The van der Waals surface area contributed by atoms with Gasteiger partial charge in [-0.05, 0) is 47.2 Å². The Bertz CT molecular complexity index is 205. The Hall–Kier alpha value is 0.350. The highest BCUT2D eigenvalue weighted by Gasteiger charge is 2.46. The van der Waals surface area contributed by atoms with E-state index < -0.39 is 0 Å². The van der Waals surface area contributed by atoms with Gasteiger partial charge in [0.1, 0.15) is 0 Å². The molecule has 0 aromatic rings. The van der Waals surface area contributed by atoms with Gasteiger partial charge >= 0.3 is 0 Å². The standard InChI is InChI=1S/C15H34S/c1-13(2,3)15(7,14(4,5)6)11-12-16(8,9)10/h11-12H2,1-10H3. The predicted molar refractivity (Wildman–Crippen MR) is 81.9 cm³/mol. The van der Waals surface area contributed by atoms with Crippen LogP contribution in [0.3, 0.4) is 0 Å². The van der Waals surface area contributed by atoms with Crippen LogP contribution in [0.2, 0.25) is 0 Å². The van der Waals surface area contributed by atoms with Crippen LogP contribution in [0.1, 0.15) is 54.9 Å². The van der Waals surface area contributed by atoms with Gasteiger partial charge in [0.05, 0.1) is 0 Å². The second-order valence-electron chi connectivity index (χ2n) is 8.38. The third kappa shape index (κ3) is 3.98. The van der Waals surface area contributed by atoms with Crippen LogP contribution >= 0.6 is 10.0 Å². The molecule has 16 heavy (non-hydrogen) atoms. The topological polar surface area (TPSA) is 0 Å². The fourth-order valence-corrected chi connectivity index (χ4v) is 3.41. The number of hydrogen-bond donors (Lipinski definition) is 0. The van der Waals surface area contributed by atoms with E-state index in [1.54, 1.807) is 0 Å². The molecule has 0 radical (unpaired) electrons. The zero-order valence-electron chi connectivity index (χ0n) is 13.3. The second kappa shape index (κ2) is 4.55. The summed E-state index contributed by atoms with van der Waals surface area (Å²) in [6.07, 6.45) is 8.63. The van der Waals surface area contributed by atoms with Crippen molar-refractivity contribution in [3.8, 4) is 0 Å². The maximum absolute atomic E-state index is 2.48. The van der Waals surface area contributed by atoms with Crippen molar-refractivity contribution in [1.29, 1.82) is 0 Å². The van der Waals surface area contributed by atoms with E-state index in [9.17, 15) is 0 Å². The van der Waals surface area contributed by atoms with Crippen LogP contribution in [0.5, 0.6) is 0 Å². The Kier molecular flexibility index (Phi) is 4.65. The molecule has 1 heteroatoms. The predicted octanol–water partition coefficient (Wildman–Crippen LogP) is 5.17. The van der Waals surface area contributed by atoms with E-state index >= 15 is 0 Å². The molecule has 0 heterocycles. The summed E-state index contributed by atoms with van der Waals surface area (Å²) in [6.45, 7) is 16.9. The minimum Gasteiger partial charge on any atom is -0.250 e. The molecule has 0 bridgehead atoms. The van der Waals surface area contributed by atoms with Crippen molar-refractivity contribution in [3.05, 3.63) is 0 Å². The summed E-state index contributed by atoms with van der Waals surface area (Å²) in [4.78, 5) is 0. The molecule has 0 unspecified atom stereocenters. The lowest BCUT2D eigenvalue weighted by atomic mass is 9.54. The van der Waals surface area contributed by atoms with Gasteiger partial charge in [-0.1, -0.05) is 48.5 Å². The summed E-state index contributed by atoms with van der Waals surface area (Å²) < 4.78 is 0. The molecule has 0 nitrogen and oxygen atoms in total. The first-order chi connectivity index (χ1) is 6.71. The molecular formula is C15H34S. The molecule has 0 fully saturated rings. The molecule has 100 valence electrons. The minimum absolute atomic E-state index is 0.371. The Balaban J connectivity index is 5.00. The van der Waals surface area contributed by atoms with Gasteiger partial charge in [0.25, 0.3) is 0 Å². The maximum atomic E-state index is 2.48. The van der Waals surface area contributed by atoms with Crippen LogP contribution in [0, 0.1) is 16.2 Å². The molecule has 0 atom stereocenters. The third-order valence-electron chi connectivity index (χ3n) is 4.53. The van der Waals surface area contributed by atoms with Crippen LogP contribution < -0.4 is 0 Å². The van der Waals surface area contributed by atoms with E-state index in [0.717, 1.165) is 0 Å². The highest BCUT2D eigenvalue weighted by atomic mass is 32.3. The summed E-state index contributed by atoms with van der Waals surface area (Å²) in [7, 11) is -0.378. The van der Waals surface area contributed by atoms with Gasteiger partial charge in [0.15, 0.2) is 0 Å². The largest absolute Gasteiger partial charge is 0.250 e. The van der Waals surface area contributed by atoms with E-state index in [-0.39, 0.29) is 10.0 Å². The lowest BCUT2D eigenvalue weighted by molar-refractivity contribution is -0.0162. The summed E-state index contributed by atoms with van der Waals surface area (Å²) in [5.74, 6) is 1.39. The Morgan fingerprint density at radius 2 is 1.00 bits per heavy atom. The van der Waals surface area contributed by atoms with Crippen molar-refractivity contribution in [2.75, 3.05) is 24.5 Å². The van der Waals surface area contributed by atoms with Crippen molar-refractivity contribution in [1.82, 2.24) is 0 Å². The quantitative estimate of drug-likeness (QED) is 0.644. The van der Waals surface area contributed by atoms with Gasteiger partial charge in [-0.3, -0.25) is 0 Å². The molecule has 0 saturated carbocycles. The zero-order valence-corrected chi connectivity index (χ0v) is 14.1. The first-order valence-electron chi connectivity index (χ1n) is 6.37. The first-order valence-corrected chi connectivity index (χ1v) is 9.39. The molecule has 0 aromatic carbocycles. The highest BCUT2D eigenvalue weighted by Crippen LogP contribution is 2.55. The van der Waals surface area contributed by atoms with Gasteiger partial charge in [-0.25, -0.2) is 10.0 Å². The fourth-order valence-electron chi connectivity index (χ4n) is 2.39. The van der Waals surface area contributed by atoms with E-state index in [0.29, 0.717) is 16.2 Å².